The van der Waals surface area contributed by atoms with Gasteiger partial charge >= 0.3 is 6.09 Å². The van der Waals surface area contributed by atoms with E-state index in [2.05, 4.69) is 31.0 Å². The molecule has 0 aromatic rings. The standard InChI is InChI=1S/C17H37N3O2/c1-8-10-11-20(13(3)9-2)15(12-18)14(4)19-16(21)22-17(5,6)7/h13-15H,8-12,18H2,1-7H3,(H,19,21). The molecular formula is C17H37N3O2. The first-order valence-corrected chi connectivity index (χ1v) is 8.61. The normalized spacial score (nSPS) is 16.2. The van der Waals surface area contributed by atoms with Crippen LogP contribution in [0.4, 0.5) is 4.79 Å². The molecule has 0 fully saturated rings. The lowest BCUT2D eigenvalue weighted by molar-refractivity contribution is 0.0447. The number of carbonyl (C=O) groups is 1. The molecule has 3 N–H and O–H groups in total. The largest absolute Gasteiger partial charge is 0.444 e. The number of nitrogens with zero attached hydrogens (tertiary/aromatic N) is 1. The van der Waals surface area contributed by atoms with Crippen molar-refractivity contribution in [2.75, 3.05) is 13.1 Å². The molecule has 0 spiro atoms. The van der Waals surface area contributed by atoms with Crippen LogP contribution in [0.15, 0.2) is 0 Å². The van der Waals surface area contributed by atoms with E-state index in [-0.39, 0.29) is 18.2 Å². The van der Waals surface area contributed by atoms with Gasteiger partial charge in [-0.1, -0.05) is 20.3 Å². The first-order valence-electron chi connectivity index (χ1n) is 8.61. The lowest BCUT2D eigenvalue weighted by Gasteiger charge is -2.39. The van der Waals surface area contributed by atoms with Crippen molar-refractivity contribution >= 4 is 6.09 Å². The Morgan fingerprint density at radius 3 is 2.27 bits per heavy atom. The van der Waals surface area contributed by atoms with Gasteiger partial charge in [-0.25, -0.2) is 4.79 Å². The molecule has 5 nitrogen and oxygen atoms in total. The Bertz CT molecular complexity index is 316. The number of hydrogen-bond donors (Lipinski definition) is 2. The molecular weight excluding hydrogens is 278 g/mol. The Labute approximate surface area is 137 Å². The number of nitrogens with one attached hydrogen (secondary N) is 1. The first-order chi connectivity index (χ1) is 10.2. The average molecular weight is 316 g/mol. The molecule has 0 saturated heterocycles. The minimum atomic E-state index is -0.485. The van der Waals surface area contributed by atoms with Crippen molar-refractivity contribution in [1.82, 2.24) is 10.2 Å². The molecule has 132 valence electrons. The van der Waals surface area contributed by atoms with Crippen LogP contribution < -0.4 is 11.1 Å². The van der Waals surface area contributed by atoms with Crippen molar-refractivity contribution < 1.29 is 9.53 Å². The van der Waals surface area contributed by atoms with Crippen molar-refractivity contribution in [2.24, 2.45) is 5.73 Å². The number of rotatable bonds is 9. The number of alkyl carbamates (subject to hydrolysis) is 1. The van der Waals surface area contributed by atoms with Crippen molar-refractivity contribution in [3.8, 4) is 0 Å². The quantitative estimate of drug-likeness (QED) is 0.686. The van der Waals surface area contributed by atoms with E-state index in [4.69, 9.17) is 10.5 Å². The second kappa shape index (κ2) is 10.1. The molecule has 0 heterocycles. The number of nitrogens with two attached hydrogens (primary N) is 1. The second-order valence-electron chi connectivity index (χ2n) is 7.09. The molecule has 0 aliphatic carbocycles. The highest BCUT2D eigenvalue weighted by Crippen LogP contribution is 2.14. The lowest BCUT2D eigenvalue weighted by Crippen LogP contribution is -2.56. The molecule has 1 amide bonds. The fraction of sp³-hybridized carbons (Fsp3) is 0.941. The summed E-state index contributed by atoms with van der Waals surface area (Å²) in [6.45, 7) is 15.7. The Hall–Kier alpha value is -0.810. The van der Waals surface area contributed by atoms with Crippen LogP contribution in [-0.4, -0.2) is 47.8 Å². The molecule has 0 aromatic heterocycles. The van der Waals surface area contributed by atoms with Crippen LogP contribution in [0.25, 0.3) is 0 Å². The molecule has 22 heavy (non-hydrogen) atoms. The SMILES string of the molecule is CCCCN(C(C)CC)C(CN)C(C)NC(=O)OC(C)(C)C. The van der Waals surface area contributed by atoms with E-state index >= 15 is 0 Å². The van der Waals surface area contributed by atoms with E-state index in [0.29, 0.717) is 12.6 Å². The van der Waals surface area contributed by atoms with Gasteiger partial charge < -0.3 is 15.8 Å². The van der Waals surface area contributed by atoms with Crippen LogP contribution in [-0.2, 0) is 4.74 Å². The van der Waals surface area contributed by atoms with E-state index in [0.717, 1.165) is 25.8 Å². The number of carbonyl (C=O) groups excluding carboxylic acids is 1. The summed E-state index contributed by atoms with van der Waals surface area (Å²) in [4.78, 5) is 14.4. The van der Waals surface area contributed by atoms with Crippen LogP contribution in [0.5, 0.6) is 0 Å². The summed E-state index contributed by atoms with van der Waals surface area (Å²) in [5, 5.41) is 2.94. The van der Waals surface area contributed by atoms with Crippen LogP contribution in [0.1, 0.15) is 67.7 Å². The smallest absolute Gasteiger partial charge is 0.407 e. The predicted molar refractivity (Wildman–Crippen MR) is 93.0 cm³/mol. The van der Waals surface area contributed by atoms with Gasteiger partial charge in [-0.2, -0.15) is 0 Å². The third-order valence-corrected chi connectivity index (χ3v) is 3.92. The van der Waals surface area contributed by atoms with Crippen molar-refractivity contribution in [2.45, 2.75) is 91.5 Å². The fourth-order valence-corrected chi connectivity index (χ4v) is 2.50. The summed E-state index contributed by atoms with van der Waals surface area (Å²) >= 11 is 0. The fourth-order valence-electron chi connectivity index (χ4n) is 2.50. The van der Waals surface area contributed by atoms with Gasteiger partial charge in [-0.05, 0) is 54.0 Å². The Balaban J connectivity index is 4.82. The van der Waals surface area contributed by atoms with Crippen LogP contribution >= 0.6 is 0 Å². The van der Waals surface area contributed by atoms with Gasteiger partial charge in [-0.15, -0.1) is 0 Å². The van der Waals surface area contributed by atoms with E-state index < -0.39 is 5.60 Å². The van der Waals surface area contributed by atoms with E-state index in [1.807, 2.05) is 27.7 Å². The van der Waals surface area contributed by atoms with Gasteiger partial charge in [0.2, 0.25) is 0 Å². The zero-order valence-electron chi connectivity index (χ0n) is 15.6. The molecule has 0 aromatic carbocycles. The molecule has 0 aliphatic rings. The molecule has 0 saturated carbocycles. The molecule has 0 radical (unpaired) electrons. The van der Waals surface area contributed by atoms with Crippen LogP contribution in [0.2, 0.25) is 0 Å². The summed E-state index contributed by atoms with van der Waals surface area (Å²) in [7, 11) is 0. The molecule has 5 heteroatoms. The lowest BCUT2D eigenvalue weighted by atomic mass is 10.0. The molecule has 0 aliphatic heterocycles. The van der Waals surface area contributed by atoms with Crippen molar-refractivity contribution in [3.05, 3.63) is 0 Å². The topological polar surface area (TPSA) is 67.6 Å². The van der Waals surface area contributed by atoms with Gasteiger partial charge in [0.05, 0.1) is 0 Å². The molecule has 0 rings (SSSR count). The zero-order valence-corrected chi connectivity index (χ0v) is 15.6. The summed E-state index contributed by atoms with van der Waals surface area (Å²) in [6, 6.07) is 0.516. The second-order valence-corrected chi connectivity index (χ2v) is 7.09. The summed E-state index contributed by atoms with van der Waals surface area (Å²) in [5.74, 6) is 0. The molecule has 3 unspecified atom stereocenters. The highest BCUT2D eigenvalue weighted by atomic mass is 16.6. The predicted octanol–water partition coefficient (Wildman–Crippen LogP) is 3.13. The molecule has 0 bridgehead atoms. The maximum Gasteiger partial charge on any atom is 0.407 e. The number of ether oxygens (including phenoxy) is 1. The molecule has 3 atom stereocenters. The van der Waals surface area contributed by atoms with E-state index in [9.17, 15) is 4.79 Å². The third-order valence-electron chi connectivity index (χ3n) is 3.92. The van der Waals surface area contributed by atoms with E-state index in [1.54, 1.807) is 0 Å². The highest BCUT2D eigenvalue weighted by molar-refractivity contribution is 5.68. The van der Waals surface area contributed by atoms with Gasteiger partial charge in [0.15, 0.2) is 0 Å². The van der Waals surface area contributed by atoms with Crippen molar-refractivity contribution in [3.63, 3.8) is 0 Å². The number of amides is 1. The van der Waals surface area contributed by atoms with Gasteiger partial charge in [0, 0.05) is 24.7 Å². The van der Waals surface area contributed by atoms with Crippen LogP contribution in [0, 0.1) is 0 Å². The Kier molecular flexibility index (Phi) is 9.69. The minimum Gasteiger partial charge on any atom is -0.444 e. The monoisotopic (exact) mass is 315 g/mol. The number of unbranched alkanes of at least 4 members (excludes halogenated alkanes) is 1. The number of hydrogen-bond acceptors (Lipinski definition) is 4. The van der Waals surface area contributed by atoms with Gasteiger partial charge in [-0.3, -0.25) is 4.90 Å². The maximum atomic E-state index is 12.0. The summed E-state index contributed by atoms with van der Waals surface area (Å²) < 4.78 is 5.34. The van der Waals surface area contributed by atoms with Gasteiger partial charge in [0.25, 0.3) is 0 Å². The summed E-state index contributed by atoms with van der Waals surface area (Å²) in [6.07, 6.45) is 2.98. The average Bonchev–Trinajstić information content (AvgIpc) is 2.40. The Morgan fingerprint density at radius 2 is 1.86 bits per heavy atom. The van der Waals surface area contributed by atoms with Crippen LogP contribution in [0.3, 0.4) is 0 Å². The summed E-state index contributed by atoms with van der Waals surface area (Å²) in [5.41, 5.74) is 5.52. The Morgan fingerprint density at radius 1 is 1.27 bits per heavy atom. The highest BCUT2D eigenvalue weighted by Gasteiger charge is 2.28. The van der Waals surface area contributed by atoms with Crippen molar-refractivity contribution in [1.29, 1.82) is 0 Å². The van der Waals surface area contributed by atoms with Gasteiger partial charge in [0.1, 0.15) is 5.60 Å². The zero-order chi connectivity index (χ0) is 17.3. The minimum absolute atomic E-state index is 0.0503. The first kappa shape index (κ1) is 21.2. The third kappa shape index (κ3) is 7.99. The maximum absolute atomic E-state index is 12.0. The van der Waals surface area contributed by atoms with E-state index in [1.165, 1.54) is 0 Å².